The molecule has 0 N–H and O–H groups in total. The highest BCUT2D eigenvalue weighted by Gasteiger charge is 2.56. The van der Waals surface area contributed by atoms with Gasteiger partial charge < -0.3 is 18.9 Å². The Labute approximate surface area is 227 Å². The fraction of sp³-hybridized carbons (Fsp3) is 0.586. The van der Waals surface area contributed by atoms with E-state index in [1.54, 1.807) is 0 Å². The third-order valence-corrected chi connectivity index (χ3v) is 8.31. The van der Waals surface area contributed by atoms with Crippen LogP contribution in [0.15, 0.2) is 24.3 Å². The summed E-state index contributed by atoms with van der Waals surface area (Å²) < 4.78 is 121. The Bertz CT molecular complexity index is 1160. The SMILES string of the molecule is CCCCCC12COC(C3CCC(c4cc(F)c(C(F)(F)Oc5cc(F)c(F)c(F)c5)c(F)c4)CC3)(OC1)OC2. The first-order valence-corrected chi connectivity index (χ1v) is 13.6. The van der Waals surface area contributed by atoms with Crippen molar-refractivity contribution < 1.29 is 49.7 Å². The van der Waals surface area contributed by atoms with E-state index in [0.717, 1.165) is 37.8 Å². The standard InChI is InChI=1S/C29H31F7O4/c1-2-3-4-9-27-14-37-29(38-15-27,39-16-27)19-7-5-17(6-8-19)18-10-21(30)25(22(31)11-18)28(35,36)40-20-12-23(32)26(34)24(33)13-20/h10-13,17,19H,2-9,14-16H2,1H3. The maximum Gasteiger partial charge on any atom is 0.432 e. The molecule has 11 heteroatoms. The monoisotopic (exact) mass is 576 g/mol. The van der Waals surface area contributed by atoms with Gasteiger partial charge in [-0.1, -0.05) is 26.2 Å². The average molecular weight is 577 g/mol. The van der Waals surface area contributed by atoms with Gasteiger partial charge in [0.05, 0.1) is 19.8 Å². The van der Waals surface area contributed by atoms with Crippen molar-refractivity contribution in [2.24, 2.45) is 11.3 Å². The highest BCUT2D eigenvalue weighted by Crippen LogP contribution is 2.50. The minimum atomic E-state index is -4.63. The quantitative estimate of drug-likeness (QED) is 0.172. The maximum absolute atomic E-state index is 14.9. The second kappa shape index (κ2) is 11.1. The number of fused-ring (bicyclic) bond motifs is 3. The van der Waals surface area contributed by atoms with Crippen LogP contribution in [0.25, 0.3) is 0 Å². The van der Waals surface area contributed by atoms with Gasteiger partial charge in [-0.05, 0) is 55.7 Å². The lowest BCUT2D eigenvalue weighted by molar-refractivity contribution is -0.488. The van der Waals surface area contributed by atoms with Crippen molar-refractivity contribution in [1.82, 2.24) is 0 Å². The van der Waals surface area contributed by atoms with Crippen LogP contribution in [-0.4, -0.2) is 25.8 Å². The number of benzene rings is 2. The van der Waals surface area contributed by atoms with Crippen LogP contribution in [0.1, 0.15) is 75.3 Å². The van der Waals surface area contributed by atoms with E-state index in [2.05, 4.69) is 11.7 Å². The van der Waals surface area contributed by atoms with E-state index in [-0.39, 0.29) is 34.9 Å². The Kier molecular flexibility index (Phi) is 8.11. The lowest BCUT2D eigenvalue weighted by Crippen LogP contribution is -2.63. The van der Waals surface area contributed by atoms with E-state index in [0.29, 0.717) is 45.5 Å². The second-order valence-corrected chi connectivity index (χ2v) is 11.2. The van der Waals surface area contributed by atoms with Gasteiger partial charge >= 0.3 is 6.11 Å². The number of ether oxygens (including phenoxy) is 4. The fourth-order valence-corrected chi connectivity index (χ4v) is 6.01. The largest absolute Gasteiger partial charge is 0.432 e. The molecule has 3 aliphatic heterocycles. The molecule has 0 spiro atoms. The molecule has 0 unspecified atom stereocenters. The molecule has 40 heavy (non-hydrogen) atoms. The predicted octanol–water partition coefficient (Wildman–Crippen LogP) is 8.08. The molecule has 2 aromatic rings. The van der Waals surface area contributed by atoms with Crippen molar-refractivity contribution in [2.45, 2.75) is 76.3 Å². The first-order chi connectivity index (χ1) is 19.0. The lowest BCUT2D eigenvalue weighted by Gasteiger charge is -2.55. The molecule has 0 radical (unpaired) electrons. The molecule has 1 aliphatic carbocycles. The van der Waals surface area contributed by atoms with Crippen LogP contribution in [-0.2, 0) is 20.3 Å². The molecular weight excluding hydrogens is 545 g/mol. The number of halogens is 7. The number of rotatable bonds is 9. The van der Waals surface area contributed by atoms with Crippen LogP contribution in [0.4, 0.5) is 30.7 Å². The van der Waals surface area contributed by atoms with Crippen LogP contribution < -0.4 is 4.74 Å². The molecule has 3 saturated heterocycles. The Morgan fingerprint density at radius 2 is 1.35 bits per heavy atom. The number of hydrogen-bond donors (Lipinski definition) is 0. The summed E-state index contributed by atoms with van der Waals surface area (Å²) in [5.74, 6) is -11.2. The third-order valence-electron chi connectivity index (χ3n) is 8.31. The molecule has 2 aromatic carbocycles. The van der Waals surface area contributed by atoms with E-state index in [4.69, 9.17) is 14.2 Å². The van der Waals surface area contributed by atoms with E-state index < -0.39 is 52.5 Å². The summed E-state index contributed by atoms with van der Waals surface area (Å²) in [6, 6.07) is 1.97. The van der Waals surface area contributed by atoms with Gasteiger partial charge in [0.25, 0.3) is 5.97 Å². The van der Waals surface area contributed by atoms with Crippen LogP contribution in [0.2, 0.25) is 0 Å². The Hall–Kier alpha value is -2.37. The predicted molar refractivity (Wildman–Crippen MR) is 129 cm³/mol. The summed E-state index contributed by atoms with van der Waals surface area (Å²) in [4.78, 5) is 0. The van der Waals surface area contributed by atoms with E-state index in [9.17, 15) is 30.7 Å². The van der Waals surface area contributed by atoms with Crippen LogP contribution in [0.5, 0.6) is 5.75 Å². The number of hydrogen-bond acceptors (Lipinski definition) is 4. The molecule has 4 fully saturated rings. The van der Waals surface area contributed by atoms with E-state index in [1.165, 1.54) is 0 Å². The van der Waals surface area contributed by atoms with Crippen molar-refractivity contribution in [2.75, 3.05) is 19.8 Å². The summed E-state index contributed by atoms with van der Waals surface area (Å²) >= 11 is 0. The molecule has 4 aliphatic rings. The topological polar surface area (TPSA) is 36.9 Å². The molecule has 220 valence electrons. The van der Waals surface area contributed by atoms with E-state index >= 15 is 0 Å². The summed E-state index contributed by atoms with van der Waals surface area (Å²) in [5.41, 5.74) is -1.64. The number of unbranched alkanes of at least 4 members (excludes halogenated alkanes) is 2. The fourth-order valence-electron chi connectivity index (χ4n) is 6.01. The van der Waals surface area contributed by atoms with Gasteiger partial charge in [-0.3, -0.25) is 0 Å². The lowest BCUT2D eigenvalue weighted by atomic mass is 9.76. The van der Waals surface area contributed by atoms with Gasteiger partial charge in [-0.25, -0.2) is 22.0 Å². The van der Waals surface area contributed by atoms with Gasteiger partial charge in [-0.2, -0.15) is 8.78 Å². The normalized spacial score (nSPS) is 28.6. The first-order valence-electron chi connectivity index (χ1n) is 13.6. The summed E-state index contributed by atoms with van der Waals surface area (Å²) in [6.45, 7) is 3.82. The molecule has 3 heterocycles. The van der Waals surface area contributed by atoms with Gasteiger partial charge in [0.1, 0.15) is 22.9 Å². The summed E-state index contributed by atoms with van der Waals surface area (Å²) in [7, 11) is 0. The van der Waals surface area contributed by atoms with Crippen molar-refractivity contribution in [3.63, 3.8) is 0 Å². The molecular formula is C29H31F7O4. The van der Waals surface area contributed by atoms with Crippen molar-refractivity contribution in [1.29, 1.82) is 0 Å². The highest BCUT2D eigenvalue weighted by molar-refractivity contribution is 5.33. The van der Waals surface area contributed by atoms with Gasteiger partial charge in [-0.15, -0.1) is 0 Å². The minimum Gasteiger partial charge on any atom is -0.429 e. The zero-order valence-electron chi connectivity index (χ0n) is 22.0. The van der Waals surface area contributed by atoms with Crippen LogP contribution in [0, 0.1) is 40.4 Å². The molecule has 2 bridgehead atoms. The van der Waals surface area contributed by atoms with Crippen molar-refractivity contribution in [3.05, 3.63) is 64.5 Å². The summed E-state index contributed by atoms with van der Waals surface area (Å²) in [5, 5.41) is 0. The first kappa shape index (κ1) is 29.1. The van der Waals surface area contributed by atoms with Crippen molar-refractivity contribution in [3.8, 4) is 5.75 Å². The third kappa shape index (κ3) is 5.56. The molecule has 6 rings (SSSR count). The molecule has 1 saturated carbocycles. The Morgan fingerprint density at radius 1 is 0.800 bits per heavy atom. The number of alkyl halides is 2. The van der Waals surface area contributed by atoms with E-state index in [1.807, 2.05) is 0 Å². The van der Waals surface area contributed by atoms with Gasteiger partial charge in [0.2, 0.25) is 0 Å². The molecule has 0 atom stereocenters. The van der Waals surface area contributed by atoms with Gasteiger partial charge in [0, 0.05) is 23.5 Å². The molecule has 0 amide bonds. The highest BCUT2D eigenvalue weighted by atomic mass is 19.3. The Morgan fingerprint density at radius 3 is 1.88 bits per heavy atom. The zero-order chi connectivity index (χ0) is 28.7. The average Bonchev–Trinajstić information content (AvgIpc) is 2.92. The van der Waals surface area contributed by atoms with Crippen LogP contribution >= 0.6 is 0 Å². The second-order valence-electron chi connectivity index (χ2n) is 11.2. The zero-order valence-corrected chi connectivity index (χ0v) is 22.0. The minimum absolute atomic E-state index is 0.0825. The molecule has 4 nitrogen and oxygen atoms in total. The van der Waals surface area contributed by atoms with Crippen molar-refractivity contribution >= 4 is 0 Å². The maximum atomic E-state index is 14.9. The molecule has 0 aromatic heterocycles. The summed E-state index contributed by atoms with van der Waals surface area (Å²) in [6.07, 6.45) is 1.86. The smallest absolute Gasteiger partial charge is 0.429 e. The van der Waals surface area contributed by atoms with Gasteiger partial charge in [0.15, 0.2) is 17.5 Å². The Balaban J connectivity index is 1.23. The van der Waals surface area contributed by atoms with Crippen LogP contribution in [0.3, 0.4) is 0 Å².